The first kappa shape index (κ1) is 36.8. The molecule has 1 aliphatic rings. The second-order valence-electron chi connectivity index (χ2n) is 12.3. The molecule has 3 amide bonds. The summed E-state index contributed by atoms with van der Waals surface area (Å²) in [6, 6.07) is 9.04. The summed E-state index contributed by atoms with van der Waals surface area (Å²) < 4.78 is 98.5. The van der Waals surface area contributed by atoms with Crippen molar-refractivity contribution in [3.8, 4) is 0 Å². The standard InChI is InChI=1S/C34H33F7N4O4/c1-32(2,3)49-31(48)45(13-12-30(47)43-24-16-21(33(36,37)38)15-22(17-24)34(39,40)41)28-10-6-20-14-19(4-8-25(20)28)5-11-29(46)44-27-9-7-23(35)18-26(27)42/h4-5,7-9,11,14-18,28H,6,10,12-13,42H2,1-3H3,(H,43,47)(H,44,46)/b11-5+. The highest BCUT2D eigenvalue weighted by Gasteiger charge is 2.38. The Kier molecular flexibility index (Phi) is 10.6. The van der Waals surface area contributed by atoms with Crippen molar-refractivity contribution in [3.63, 3.8) is 0 Å². The van der Waals surface area contributed by atoms with E-state index >= 15 is 0 Å². The van der Waals surface area contributed by atoms with E-state index in [1.165, 1.54) is 17.0 Å². The van der Waals surface area contributed by atoms with Crippen molar-refractivity contribution in [2.45, 2.75) is 64.0 Å². The van der Waals surface area contributed by atoms with Gasteiger partial charge in [-0.1, -0.05) is 18.2 Å². The summed E-state index contributed by atoms with van der Waals surface area (Å²) in [7, 11) is 0. The minimum absolute atomic E-state index is 0.0440. The monoisotopic (exact) mass is 694 g/mol. The summed E-state index contributed by atoms with van der Waals surface area (Å²) in [6.07, 6.45) is -7.66. The first-order valence-corrected chi connectivity index (χ1v) is 15.0. The average molecular weight is 695 g/mol. The Balaban J connectivity index is 1.49. The van der Waals surface area contributed by atoms with Crippen molar-refractivity contribution in [1.82, 2.24) is 4.90 Å². The number of hydrogen-bond acceptors (Lipinski definition) is 5. The van der Waals surface area contributed by atoms with E-state index in [0.29, 0.717) is 30.5 Å². The maximum Gasteiger partial charge on any atom is 0.416 e. The van der Waals surface area contributed by atoms with E-state index in [-0.39, 0.29) is 24.0 Å². The van der Waals surface area contributed by atoms with Crippen LogP contribution in [0.3, 0.4) is 0 Å². The van der Waals surface area contributed by atoms with Crippen molar-refractivity contribution in [3.05, 3.63) is 94.3 Å². The number of halogens is 7. The Labute approximate surface area is 277 Å². The number of hydrogen-bond donors (Lipinski definition) is 3. The molecule has 262 valence electrons. The van der Waals surface area contributed by atoms with Gasteiger partial charge in [-0.3, -0.25) is 9.59 Å². The Morgan fingerprint density at radius 3 is 2.16 bits per heavy atom. The predicted molar refractivity (Wildman–Crippen MR) is 169 cm³/mol. The molecule has 3 aromatic carbocycles. The smallest absolute Gasteiger partial charge is 0.416 e. The molecule has 0 bridgehead atoms. The van der Waals surface area contributed by atoms with E-state index in [9.17, 15) is 45.1 Å². The minimum atomic E-state index is -5.09. The lowest BCUT2D eigenvalue weighted by atomic mass is 10.0. The molecule has 15 heteroatoms. The highest BCUT2D eigenvalue weighted by atomic mass is 19.4. The van der Waals surface area contributed by atoms with Crippen LogP contribution in [0.15, 0.2) is 60.7 Å². The van der Waals surface area contributed by atoms with Crippen LogP contribution in [0, 0.1) is 5.82 Å². The van der Waals surface area contributed by atoms with E-state index in [2.05, 4.69) is 10.6 Å². The summed E-state index contributed by atoms with van der Waals surface area (Å²) in [5, 5.41) is 4.65. The number of carbonyl (C=O) groups is 3. The highest BCUT2D eigenvalue weighted by Crippen LogP contribution is 2.39. The van der Waals surface area contributed by atoms with Gasteiger partial charge < -0.3 is 26.0 Å². The third kappa shape index (κ3) is 9.97. The molecule has 49 heavy (non-hydrogen) atoms. The molecule has 0 aliphatic heterocycles. The second kappa shape index (κ2) is 14.2. The van der Waals surface area contributed by atoms with E-state index in [4.69, 9.17) is 10.5 Å². The lowest BCUT2D eigenvalue weighted by Gasteiger charge is -2.32. The van der Waals surface area contributed by atoms with Crippen LogP contribution in [0.4, 0.5) is 52.6 Å². The number of nitrogens with one attached hydrogen (secondary N) is 2. The van der Waals surface area contributed by atoms with Gasteiger partial charge >= 0.3 is 18.4 Å². The van der Waals surface area contributed by atoms with Gasteiger partial charge in [0.05, 0.1) is 28.5 Å². The number of amides is 3. The fourth-order valence-corrected chi connectivity index (χ4v) is 5.20. The van der Waals surface area contributed by atoms with Crippen LogP contribution < -0.4 is 16.4 Å². The number of benzene rings is 3. The van der Waals surface area contributed by atoms with Gasteiger partial charge in [-0.05, 0) is 92.8 Å². The Morgan fingerprint density at radius 2 is 1.57 bits per heavy atom. The molecular formula is C34H33F7N4O4. The summed E-state index contributed by atoms with van der Waals surface area (Å²) in [6.45, 7) is 4.67. The van der Waals surface area contributed by atoms with Crippen molar-refractivity contribution in [1.29, 1.82) is 0 Å². The van der Waals surface area contributed by atoms with Crippen molar-refractivity contribution in [2.75, 3.05) is 22.9 Å². The van der Waals surface area contributed by atoms with E-state index < -0.39 is 71.0 Å². The van der Waals surface area contributed by atoms with Gasteiger partial charge in [0, 0.05) is 24.7 Å². The number of alkyl halides is 6. The molecule has 0 saturated heterocycles. The second-order valence-corrected chi connectivity index (χ2v) is 12.3. The summed E-state index contributed by atoms with van der Waals surface area (Å²) in [5.41, 5.74) is 3.49. The molecule has 0 spiro atoms. The number of nitrogen functional groups attached to an aromatic ring is 1. The normalized spacial score (nSPS) is 14.8. The van der Waals surface area contributed by atoms with Gasteiger partial charge in [-0.25, -0.2) is 9.18 Å². The number of nitrogens with zero attached hydrogens (tertiary/aromatic N) is 1. The van der Waals surface area contributed by atoms with Crippen LogP contribution in [0.5, 0.6) is 0 Å². The van der Waals surface area contributed by atoms with Gasteiger partial charge in [0.15, 0.2) is 0 Å². The number of nitrogens with two attached hydrogens (primary N) is 1. The number of aryl methyl sites for hydroxylation is 1. The van der Waals surface area contributed by atoms with Crippen LogP contribution in [0.25, 0.3) is 6.08 Å². The Bertz CT molecular complexity index is 1730. The topological polar surface area (TPSA) is 114 Å². The number of rotatable bonds is 8. The summed E-state index contributed by atoms with van der Waals surface area (Å²) in [4.78, 5) is 39.8. The van der Waals surface area contributed by atoms with E-state index in [0.717, 1.165) is 23.3 Å². The maximum atomic E-state index is 13.3. The van der Waals surface area contributed by atoms with E-state index in [1.807, 2.05) is 6.07 Å². The van der Waals surface area contributed by atoms with Crippen LogP contribution in [0.2, 0.25) is 0 Å². The fourth-order valence-electron chi connectivity index (χ4n) is 5.20. The Morgan fingerprint density at radius 1 is 0.918 bits per heavy atom. The molecule has 0 aromatic heterocycles. The summed E-state index contributed by atoms with van der Waals surface area (Å²) >= 11 is 0. The largest absolute Gasteiger partial charge is 0.444 e. The first-order chi connectivity index (χ1) is 22.7. The average Bonchev–Trinajstić information content (AvgIpc) is 3.38. The zero-order chi connectivity index (χ0) is 36.3. The van der Waals surface area contributed by atoms with Crippen molar-refractivity contribution < 1.29 is 49.9 Å². The molecule has 0 saturated carbocycles. The molecule has 0 radical (unpaired) electrons. The van der Waals surface area contributed by atoms with Crippen molar-refractivity contribution >= 4 is 41.0 Å². The summed E-state index contributed by atoms with van der Waals surface area (Å²) in [5.74, 6) is -1.97. The quantitative estimate of drug-likeness (QED) is 0.125. The molecule has 8 nitrogen and oxygen atoms in total. The van der Waals surface area contributed by atoms with Gasteiger partial charge in [-0.2, -0.15) is 26.3 Å². The highest BCUT2D eigenvalue weighted by molar-refractivity contribution is 6.03. The van der Waals surface area contributed by atoms with Gasteiger partial charge in [0.2, 0.25) is 11.8 Å². The molecule has 4 N–H and O–H groups in total. The zero-order valence-electron chi connectivity index (χ0n) is 26.6. The third-order valence-corrected chi connectivity index (χ3v) is 7.37. The number of carbonyl (C=O) groups excluding carboxylic acids is 3. The predicted octanol–water partition coefficient (Wildman–Crippen LogP) is 8.35. The SMILES string of the molecule is CC(C)(C)OC(=O)N(CCC(=O)Nc1cc(C(F)(F)F)cc(C(F)(F)F)c1)C1CCc2cc(/C=C/C(=O)Nc3ccc(F)cc3N)ccc21. The van der Waals surface area contributed by atoms with Crippen LogP contribution in [-0.4, -0.2) is 35.0 Å². The molecule has 1 unspecified atom stereocenters. The number of ether oxygens (including phenoxy) is 1. The number of fused-ring (bicyclic) bond motifs is 1. The van der Waals surface area contributed by atoms with Crippen molar-refractivity contribution in [2.24, 2.45) is 0 Å². The van der Waals surface area contributed by atoms with Crippen LogP contribution in [0.1, 0.15) is 67.5 Å². The van der Waals surface area contributed by atoms with Gasteiger partial charge in [0.25, 0.3) is 0 Å². The van der Waals surface area contributed by atoms with Gasteiger partial charge in [-0.15, -0.1) is 0 Å². The third-order valence-electron chi connectivity index (χ3n) is 7.37. The first-order valence-electron chi connectivity index (χ1n) is 15.0. The molecule has 3 aromatic rings. The molecule has 1 atom stereocenters. The molecule has 0 fully saturated rings. The molecule has 4 rings (SSSR count). The lowest BCUT2D eigenvalue weighted by Crippen LogP contribution is -2.40. The van der Waals surface area contributed by atoms with Crippen LogP contribution in [-0.2, 0) is 33.1 Å². The molecule has 1 aliphatic carbocycles. The number of anilines is 3. The zero-order valence-corrected chi connectivity index (χ0v) is 26.6. The van der Waals surface area contributed by atoms with Gasteiger partial charge in [0.1, 0.15) is 11.4 Å². The lowest BCUT2D eigenvalue weighted by molar-refractivity contribution is -0.143. The maximum absolute atomic E-state index is 13.3. The molecule has 0 heterocycles. The molecular weight excluding hydrogens is 661 g/mol. The fraction of sp³-hybridized carbons (Fsp3) is 0.324. The minimum Gasteiger partial charge on any atom is -0.444 e. The van der Waals surface area contributed by atoms with Crippen LogP contribution >= 0.6 is 0 Å². The Hall–Kier alpha value is -5.08. The van der Waals surface area contributed by atoms with E-state index in [1.54, 1.807) is 39.0 Å².